The van der Waals surface area contributed by atoms with Crippen LogP contribution in [-0.2, 0) is 19.6 Å². The lowest BCUT2D eigenvalue weighted by molar-refractivity contribution is -0.145. The van der Waals surface area contributed by atoms with Crippen molar-refractivity contribution in [1.82, 2.24) is 4.31 Å². The largest absolute Gasteiger partial charge is 0.468 e. The Morgan fingerprint density at radius 1 is 1.30 bits per heavy atom. The molecule has 0 radical (unpaired) electrons. The molecule has 6 heteroatoms. The molecule has 0 saturated carbocycles. The third kappa shape index (κ3) is 2.58. The monoisotopic (exact) mass is 297 g/mol. The molecule has 1 aliphatic heterocycles. The van der Waals surface area contributed by atoms with Crippen molar-refractivity contribution in [3.05, 3.63) is 29.8 Å². The summed E-state index contributed by atoms with van der Waals surface area (Å²) in [4.78, 5) is 12.1. The first kappa shape index (κ1) is 15.0. The molecule has 1 saturated heterocycles. The minimum absolute atomic E-state index is 0.0392. The Labute approximate surface area is 119 Å². The number of benzene rings is 1. The number of sulfonamides is 1. The minimum atomic E-state index is -3.66. The van der Waals surface area contributed by atoms with Crippen molar-refractivity contribution in [2.45, 2.75) is 31.2 Å². The van der Waals surface area contributed by atoms with Crippen LogP contribution < -0.4 is 0 Å². The van der Waals surface area contributed by atoms with Crippen LogP contribution in [0.4, 0.5) is 0 Å². The Bertz CT molecular complexity index is 594. The van der Waals surface area contributed by atoms with Gasteiger partial charge in [-0.2, -0.15) is 4.31 Å². The molecule has 0 spiro atoms. The zero-order chi connectivity index (χ0) is 14.9. The van der Waals surface area contributed by atoms with E-state index in [9.17, 15) is 13.2 Å². The number of carbonyl (C=O) groups is 1. The van der Waals surface area contributed by atoms with E-state index in [1.165, 1.54) is 11.4 Å². The average molecular weight is 297 g/mol. The quantitative estimate of drug-likeness (QED) is 0.794. The maximum absolute atomic E-state index is 12.6. The van der Waals surface area contributed by atoms with Gasteiger partial charge in [-0.25, -0.2) is 8.42 Å². The number of methoxy groups -OCH3 is 1. The van der Waals surface area contributed by atoms with Crippen LogP contribution in [0.3, 0.4) is 0 Å². The molecule has 1 fully saturated rings. The standard InChI is InChI=1S/C14H19NO4S/c1-10-4-6-12(7-5-10)20(17,18)15-9-8-11(2)13(15)14(16)19-3/h4-7,11,13H,8-9H2,1-3H3/t11-,13+/m0/s1. The highest BCUT2D eigenvalue weighted by Crippen LogP contribution is 2.30. The molecule has 1 aromatic carbocycles. The first-order chi connectivity index (χ1) is 9.37. The fourth-order valence-electron chi connectivity index (χ4n) is 2.50. The second kappa shape index (κ2) is 5.54. The summed E-state index contributed by atoms with van der Waals surface area (Å²) in [5, 5.41) is 0. The number of aryl methyl sites for hydroxylation is 1. The van der Waals surface area contributed by atoms with Gasteiger partial charge < -0.3 is 4.74 Å². The Morgan fingerprint density at radius 3 is 2.45 bits per heavy atom. The van der Waals surface area contributed by atoms with Crippen LogP contribution in [0.1, 0.15) is 18.9 Å². The van der Waals surface area contributed by atoms with E-state index in [0.29, 0.717) is 13.0 Å². The molecule has 0 aliphatic carbocycles. The van der Waals surface area contributed by atoms with Gasteiger partial charge in [0.1, 0.15) is 6.04 Å². The lowest BCUT2D eigenvalue weighted by Crippen LogP contribution is -2.43. The van der Waals surface area contributed by atoms with E-state index in [-0.39, 0.29) is 10.8 Å². The molecule has 110 valence electrons. The molecular weight excluding hydrogens is 278 g/mol. The molecule has 20 heavy (non-hydrogen) atoms. The van der Waals surface area contributed by atoms with Gasteiger partial charge in [-0.1, -0.05) is 24.6 Å². The maximum atomic E-state index is 12.6. The maximum Gasteiger partial charge on any atom is 0.324 e. The first-order valence-corrected chi connectivity index (χ1v) is 7.98. The van der Waals surface area contributed by atoms with Gasteiger partial charge in [0.25, 0.3) is 0 Å². The van der Waals surface area contributed by atoms with Crippen molar-refractivity contribution >= 4 is 16.0 Å². The number of hydrogen-bond acceptors (Lipinski definition) is 4. The number of carbonyl (C=O) groups excluding carboxylic acids is 1. The number of ether oxygens (including phenoxy) is 1. The molecular formula is C14H19NO4S. The molecule has 2 atom stereocenters. The molecule has 1 aromatic rings. The predicted octanol–water partition coefficient (Wildman–Crippen LogP) is 1.57. The van der Waals surface area contributed by atoms with Gasteiger partial charge in [-0.15, -0.1) is 0 Å². The van der Waals surface area contributed by atoms with Crippen LogP contribution in [0, 0.1) is 12.8 Å². The predicted molar refractivity (Wildman–Crippen MR) is 74.7 cm³/mol. The summed E-state index contributed by atoms with van der Waals surface area (Å²) in [7, 11) is -2.38. The van der Waals surface area contributed by atoms with Crippen molar-refractivity contribution in [2.75, 3.05) is 13.7 Å². The summed E-state index contributed by atoms with van der Waals surface area (Å²) in [6, 6.07) is 5.91. The zero-order valence-electron chi connectivity index (χ0n) is 11.9. The normalized spacial score (nSPS) is 23.8. The van der Waals surface area contributed by atoms with Gasteiger partial charge in [0.15, 0.2) is 0 Å². The zero-order valence-corrected chi connectivity index (χ0v) is 12.7. The summed E-state index contributed by atoms with van der Waals surface area (Å²) >= 11 is 0. The first-order valence-electron chi connectivity index (χ1n) is 6.54. The van der Waals surface area contributed by atoms with Gasteiger partial charge in [-0.05, 0) is 31.4 Å². The van der Waals surface area contributed by atoms with Gasteiger partial charge >= 0.3 is 5.97 Å². The number of esters is 1. The molecule has 1 heterocycles. The van der Waals surface area contributed by atoms with Gasteiger partial charge in [-0.3, -0.25) is 4.79 Å². The number of hydrogen-bond donors (Lipinski definition) is 0. The third-order valence-corrected chi connectivity index (χ3v) is 5.62. The second-order valence-corrected chi connectivity index (χ2v) is 7.05. The lowest BCUT2D eigenvalue weighted by atomic mass is 10.0. The van der Waals surface area contributed by atoms with Crippen LogP contribution in [0.2, 0.25) is 0 Å². The van der Waals surface area contributed by atoms with E-state index < -0.39 is 22.0 Å². The van der Waals surface area contributed by atoms with Crippen LogP contribution in [0.15, 0.2) is 29.2 Å². The van der Waals surface area contributed by atoms with E-state index in [4.69, 9.17) is 4.74 Å². The van der Waals surface area contributed by atoms with Crippen molar-refractivity contribution in [1.29, 1.82) is 0 Å². The van der Waals surface area contributed by atoms with E-state index in [2.05, 4.69) is 0 Å². The molecule has 0 aromatic heterocycles. The average Bonchev–Trinajstić information content (AvgIpc) is 2.81. The minimum Gasteiger partial charge on any atom is -0.468 e. The number of rotatable bonds is 3. The highest BCUT2D eigenvalue weighted by Gasteiger charge is 2.44. The highest BCUT2D eigenvalue weighted by atomic mass is 32.2. The van der Waals surface area contributed by atoms with E-state index >= 15 is 0 Å². The Morgan fingerprint density at radius 2 is 1.90 bits per heavy atom. The SMILES string of the molecule is COC(=O)[C@H]1[C@@H](C)CCN1S(=O)(=O)c1ccc(C)cc1. The topological polar surface area (TPSA) is 63.7 Å². The fraction of sp³-hybridized carbons (Fsp3) is 0.500. The Balaban J connectivity index is 2.38. The van der Waals surface area contributed by atoms with Crippen molar-refractivity contribution < 1.29 is 17.9 Å². The van der Waals surface area contributed by atoms with E-state index in [0.717, 1.165) is 5.56 Å². The summed E-state index contributed by atoms with van der Waals surface area (Å²) in [5.74, 6) is -0.534. The Kier molecular flexibility index (Phi) is 4.15. The lowest BCUT2D eigenvalue weighted by Gasteiger charge is -2.24. The molecule has 0 bridgehead atoms. The van der Waals surface area contributed by atoms with Crippen LogP contribution in [0.5, 0.6) is 0 Å². The second-order valence-electron chi connectivity index (χ2n) is 5.16. The molecule has 0 amide bonds. The summed E-state index contributed by atoms with van der Waals surface area (Å²) in [5.41, 5.74) is 0.989. The van der Waals surface area contributed by atoms with Crippen molar-refractivity contribution in [3.8, 4) is 0 Å². The number of nitrogens with zero attached hydrogens (tertiary/aromatic N) is 1. The summed E-state index contributed by atoms with van der Waals surface area (Å²) in [6.45, 7) is 4.11. The summed E-state index contributed by atoms with van der Waals surface area (Å²) in [6.07, 6.45) is 0.658. The van der Waals surface area contributed by atoms with Crippen LogP contribution in [0.25, 0.3) is 0 Å². The van der Waals surface area contributed by atoms with Gasteiger partial charge in [0.05, 0.1) is 12.0 Å². The van der Waals surface area contributed by atoms with Gasteiger partial charge in [0, 0.05) is 6.54 Å². The molecule has 1 aliphatic rings. The smallest absolute Gasteiger partial charge is 0.324 e. The van der Waals surface area contributed by atoms with Crippen molar-refractivity contribution in [3.63, 3.8) is 0 Å². The van der Waals surface area contributed by atoms with Crippen LogP contribution in [-0.4, -0.2) is 38.4 Å². The molecule has 0 unspecified atom stereocenters. The highest BCUT2D eigenvalue weighted by molar-refractivity contribution is 7.89. The summed E-state index contributed by atoms with van der Waals surface area (Å²) < 4.78 is 31.3. The molecule has 0 N–H and O–H groups in total. The van der Waals surface area contributed by atoms with Gasteiger partial charge in [0.2, 0.25) is 10.0 Å². The Hall–Kier alpha value is -1.40. The fourth-order valence-corrected chi connectivity index (χ4v) is 4.19. The third-order valence-electron chi connectivity index (χ3n) is 3.72. The molecule has 2 rings (SSSR count). The van der Waals surface area contributed by atoms with Crippen LogP contribution >= 0.6 is 0 Å². The van der Waals surface area contributed by atoms with E-state index in [1.807, 2.05) is 13.8 Å². The van der Waals surface area contributed by atoms with E-state index in [1.54, 1.807) is 24.3 Å². The molecule has 5 nitrogen and oxygen atoms in total. The van der Waals surface area contributed by atoms with Crippen molar-refractivity contribution in [2.24, 2.45) is 5.92 Å².